The largest absolute Gasteiger partial charge is 0.493 e. The normalized spacial score (nSPS) is 14.0. The number of halogens is 3. The van der Waals surface area contributed by atoms with E-state index in [2.05, 4.69) is 21.8 Å². The Hall–Kier alpha value is -5.63. The van der Waals surface area contributed by atoms with Crippen LogP contribution in [0.3, 0.4) is 0 Å². The third-order valence-corrected chi connectivity index (χ3v) is 8.49. The van der Waals surface area contributed by atoms with Crippen molar-refractivity contribution in [3.63, 3.8) is 0 Å². The van der Waals surface area contributed by atoms with Gasteiger partial charge in [0.25, 0.3) is 5.56 Å². The Kier molecular flexibility index (Phi) is 10.2. The van der Waals surface area contributed by atoms with Crippen LogP contribution in [0.1, 0.15) is 31.7 Å². The maximum absolute atomic E-state index is 15.3. The fraction of sp³-hybridized carbons (Fsp3) is 0.278. The van der Waals surface area contributed by atoms with Crippen molar-refractivity contribution < 1.29 is 32.5 Å². The molecule has 0 unspecified atom stereocenters. The summed E-state index contributed by atoms with van der Waals surface area (Å²) in [5.74, 6) is -1.85. The molecule has 0 aliphatic carbocycles. The standard InChI is InChI=1S/C36H34F3N5O6/c1-21-9-13-43(14-10-21)12-3-15-49-33-19-28-24(18-32(33)48-2)30(8-11-40-28)50-31-7-5-23(17-27(31)39)41-20-25-34(45)42-36(47)44(35(25)46)29-6-4-22(37)16-26(29)38/h4-8,11,16-21,46H,3,9-10,12-15H2,1-2H3,(H,42,45,47). The van der Waals surface area contributed by atoms with Crippen LogP contribution in [0.2, 0.25) is 0 Å². The summed E-state index contributed by atoms with van der Waals surface area (Å²) in [5, 5.41) is 11.2. The van der Waals surface area contributed by atoms with Crippen LogP contribution in [0.15, 0.2) is 75.4 Å². The van der Waals surface area contributed by atoms with Crippen LogP contribution in [0.25, 0.3) is 16.6 Å². The summed E-state index contributed by atoms with van der Waals surface area (Å²) < 4.78 is 61.1. The second-order valence-corrected chi connectivity index (χ2v) is 12.0. The molecule has 1 aliphatic heterocycles. The van der Waals surface area contributed by atoms with Crippen LogP contribution in [0, 0.1) is 23.4 Å². The van der Waals surface area contributed by atoms with E-state index in [1.54, 1.807) is 18.2 Å². The van der Waals surface area contributed by atoms with Gasteiger partial charge in [-0.15, -0.1) is 0 Å². The highest BCUT2D eigenvalue weighted by atomic mass is 19.1. The first-order chi connectivity index (χ1) is 24.1. The first-order valence-corrected chi connectivity index (χ1v) is 16.0. The van der Waals surface area contributed by atoms with E-state index >= 15 is 4.39 Å². The zero-order chi connectivity index (χ0) is 35.4. The van der Waals surface area contributed by atoms with Crippen molar-refractivity contribution in [1.82, 2.24) is 19.4 Å². The van der Waals surface area contributed by atoms with E-state index in [0.29, 0.717) is 45.4 Å². The van der Waals surface area contributed by atoms with E-state index in [-0.39, 0.29) is 11.4 Å². The predicted molar refractivity (Wildman–Crippen MR) is 181 cm³/mol. The number of ether oxygens (including phenoxy) is 3. The number of benzene rings is 3. The lowest BCUT2D eigenvalue weighted by Crippen LogP contribution is -2.34. The topological polar surface area (TPSA) is 131 Å². The van der Waals surface area contributed by atoms with Crippen LogP contribution in [-0.2, 0) is 0 Å². The fourth-order valence-corrected chi connectivity index (χ4v) is 5.70. The van der Waals surface area contributed by atoms with Crippen molar-refractivity contribution >= 4 is 22.8 Å². The number of hydrogen-bond donors (Lipinski definition) is 2. The number of nitrogens with zero attached hydrogens (tertiary/aromatic N) is 4. The summed E-state index contributed by atoms with van der Waals surface area (Å²) in [6.07, 6.45) is 5.72. The van der Waals surface area contributed by atoms with Gasteiger partial charge in [-0.2, -0.15) is 0 Å². The van der Waals surface area contributed by atoms with Crippen molar-refractivity contribution in [3.05, 3.63) is 105 Å². The molecule has 5 aromatic rings. The highest BCUT2D eigenvalue weighted by molar-refractivity contribution is 5.88. The van der Waals surface area contributed by atoms with Gasteiger partial charge >= 0.3 is 5.69 Å². The first-order valence-electron chi connectivity index (χ1n) is 16.0. The summed E-state index contributed by atoms with van der Waals surface area (Å²) in [4.78, 5) is 37.7. The number of hydrogen-bond acceptors (Lipinski definition) is 9. The summed E-state index contributed by atoms with van der Waals surface area (Å²) >= 11 is 0. The van der Waals surface area contributed by atoms with Crippen LogP contribution in [0.5, 0.6) is 28.9 Å². The molecule has 50 heavy (non-hydrogen) atoms. The predicted octanol–water partition coefficient (Wildman–Crippen LogP) is 6.25. The quantitative estimate of drug-likeness (QED) is 0.123. The van der Waals surface area contributed by atoms with Crippen molar-refractivity contribution in [1.29, 1.82) is 0 Å². The number of aromatic hydroxyl groups is 1. The van der Waals surface area contributed by atoms with Gasteiger partial charge in [-0.25, -0.2) is 22.5 Å². The maximum Gasteiger partial charge on any atom is 0.335 e. The molecule has 11 nitrogen and oxygen atoms in total. The van der Waals surface area contributed by atoms with Gasteiger partial charge < -0.3 is 24.2 Å². The Bertz CT molecular complexity index is 2180. The summed E-state index contributed by atoms with van der Waals surface area (Å²) in [6, 6.07) is 11.1. The van der Waals surface area contributed by atoms with Crippen molar-refractivity contribution in [3.8, 4) is 34.6 Å². The van der Waals surface area contributed by atoms with Crippen LogP contribution in [-0.4, -0.2) is 64.1 Å². The van der Waals surface area contributed by atoms with Crippen molar-refractivity contribution in [2.24, 2.45) is 10.9 Å². The molecule has 3 aromatic carbocycles. The van der Waals surface area contributed by atoms with Gasteiger partial charge in [-0.05, 0) is 74.7 Å². The number of H-pyrrole nitrogens is 1. The van der Waals surface area contributed by atoms with E-state index in [1.165, 1.54) is 38.3 Å². The molecule has 0 saturated carbocycles. The lowest BCUT2D eigenvalue weighted by Gasteiger charge is -2.30. The number of rotatable bonds is 11. The van der Waals surface area contributed by atoms with Crippen LogP contribution >= 0.6 is 0 Å². The van der Waals surface area contributed by atoms with Gasteiger partial charge in [0.2, 0.25) is 5.88 Å². The number of aromatic amines is 1. The first kappa shape index (κ1) is 34.2. The molecular weight excluding hydrogens is 655 g/mol. The zero-order valence-electron chi connectivity index (χ0n) is 27.3. The third-order valence-electron chi connectivity index (χ3n) is 8.49. The number of nitrogens with one attached hydrogen (secondary N) is 1. The molecule has 0 atom stereocenters. The summed E-state index contributed by atoms with van der Waals surface area (Å²) in [6.45, 7) is 5.97. The Balaban J connectivity index is 1.18. The zero-order valence-corrected chi connectivity index (χ0v) is 27.3. The van der Waals surface area contributed by atoms with Crippen LogP contribution in [0.4, 0.5) is 18.9 Å². The minimum absolute atomic E-state index is 0.0252. The van der Waals surface area contributed by atoms with Crippen molar-refractivity contribution in [2.75, 3.05) is 33.4 Å². The molecule has 1 saturated heterocycles. The van der Waals surface area contributed by atoms with Crippen molar-refractivity contribution in [2.45, 2.75) is 26.2 Å². The average Bonchev–Trinajstić information content (AvgIpc) is 3.09. The molecule has 0 radical (unpaired) electrons. The molecule has 6 rings (SSSR count). The smallest absolute Gasteiger partial charge is 0.335 e. The van der Waals surface area contributed by atoms with E-state index in [0.717, 1.165) is 56.4 Å². The second-order valence-electron chi connectivity index (χ2n) is 12.0. The van der Waals surface area contributed by atoms with E-state index in [4.69, 9.17) is 14.2 Å². The number of pyridine rings is 1. The van der Waals surface area contributed by atoms with Gasteiger partial charge in [0.15, 0.2) is 23.1 Å². The molecule has 2 N–H and O–H groups in total. The lowest BCUT2D eigenvalue weighted by molar-refractivity contribution is 0.176. The van der Waals surface area contributed by atoms with Gasteiger partial charge in [-0.3, -0.25) is 19.8 Å². The number of piperidine rings is 1. The molecule has 14 heteroatoms. The second kappa shape index (κ2) is 14.9. The van der Waals surface area contributed by atoms with Gasteiger partial charge in [0.1, 0.15) is 22.9 Å². The number of fused-ring (bicyclic) bond motifs is 1. The third kappa shape index (κ3) is 7.49. The van der Waals surface area contributed by atoms with E-state index in [1.807, 2.05) is 4.98 Å². The lowest BCUT2D eigenvalue weighted by atomic mass is 9.99. The SMILES string of the molecule is COc1cc2c(Oc3ccc(N=Cc4c(O)n(-c5ccc(F)cc5F)c(=O)[nH]c4=O)cc3F)ccnc2cc1OCCCN1CCC(C)CC1. The molecule has 0 amide bonds. The molecular formula is C36H34F3N5O6. The van der Waals surface area contributed by atoms with Gasteiger partial charge in [-0.1, -0.05) is 6.92 Å². The Labute approximate surface area is 284 Å². The average molecular weight is 690 g/mol. The number of aromatic nitrogens is 3. The van der Waals surface area contributed by atoms with E-state index < -0.39 is 45.8 Å². The molecule has 1 aliphatic rings. The number of methoxy groups -OCH3 is 1. The highest BCUT2D eigenvalue weighted by Gasteiger charge is 2.19. The highest BCUT2D eigenvalue weighted by Crippen LogP contribution is 2.38. The molecule has 1 fully saturated rings. The molecule has 0 bridgehead atoms. The van der Waals surface area contributed by atoms with Crippen LogP contribution < -0.4 is 25.5 Å². The minimum atomic E-state index is -1.16. The Morgan fingerprint density at radius 2 is 1.78 bits per heavy atom. The minimum Gasteiger partial charge on any atom is -0.493 e. The fourth-order valence-electron chi connectivity index (χ4n) is 5.70. The Morgan fingerprint density at radius 1 is 0.980 bits per heavy atom. The summed E-state index contributed by atoms with van der Waals surface area (Å²) in [5.41, 5.74) is -2.64. The number of likely N-dealkylation sites (tertiary alicyclic amines) is 1. The number of aliphatic imine (C=N–C) groups is 1. The van der Waals surface area contributed by atoms with E-state index in [9.17, 15) is 23.5 Å². The molecule has 3 heterocycles. The molecule has 2 aromatic heterocycles. The molecule has 0 spiro atoms. The monoisotopic (exact) mass is 689 g/mol. The maximum atomic E-state index is 15.3. The molecule has 260 valence electrons. The van der Waals surface area contributed by atoms with Gasteiger partial charge in [0, 0.05) is 42.5 Å². The summed E-state index contributed by atoms with van der Waals surface area (Å²) in [7, 11) is 1.53. The Morgan fingerprint density at radius 3 is 2.52 bits per heavy atom. The van der Waals surface area contributed by atoms with Gasteiger partial charge in [0.05, 0.1) is 30.6 Å².